The fourth-order valence-corrected chi connectivity index (χ4v) is 3.38. The standard InChI is InChI=1S/C19H25N5O3/c1-2-18(23-14-17(12-20-23)24(26)27)19(25)21-16-8-6-15(7-9-16)13-22-10-4-3-5-11-22/h6-9,12,14,18H,2-5,10-11,13H2,1H3,(H,21,25). The van der Waals surface area contributed by atoms with Gasteiger partial charge in [0.1, 0.15) is 18.4 Å². The van der Waals surface area contributed by atoms with Gasteiger partial charge in [-0.2, -0.15) is 5.10 Å². The average molecular weight is 371 g/mol. The molecule has 8 heteroatoms. The maximum Gasteiger partial charge on any atom is 0.307 e. The molecule has 144 valence electrons. The molecule has 8 nitrogen and oxygen atoms in total. The first-order valence-electron chi connectivity index (χ1n) is 9.37. The number of amides is 1. The van der Waals surface area contributed by atoms with Crippen LogP contribution in [-0.4, -0.2) is 38.6 Å². The van der Waals surface area contributed by atoms with E-state index in [1.54, 1.807) is 0 Å². The molecule has 2 aromatic rings. The predicted molar refractivity (Wildman–Crippen MR) is 102 cm³/mol. The Morgan fingerprint density at radius 2 is 1.96 bits per heavy atom. The number of nitrogens with one attached hydrogen (secondary N) is 1. The van der Waals surface area contributed by atoms with Crippen molar-refractivity contribution in [3.05, 3.63) is 52.3 Å². The zero-order valence-electron chi connectivity index (χ0n) is 15.5. The third-order valence-electron chi connectivity index (χ3n) is 4.88. The fourth-order valence-electron chi connectivity index (χ4n) is 3.38. The summed E-state index contributed by atoms with van der Waals surface area (Å²) >= 11 is 0. The van der Waals surface area contributed by atoms with Gasteiger partial charge in [-0.25, -0.2) is 0 Å². The second-order valence-corrected chi connectivity index (χ2v) is 6.88. The molecular formula is C19H25N5O3. The number of nitrogens with zero attached hydrogens (tertiary/aromatic N) is 4. The van der Waals surface area contributed by atoms with E-state index < -0.39 is 11.0 Å². The second-order valence-electron chi connectivity index (χ2n) is 6.88. The normalized spacial score (nSPS) is 16.0. The number of anilines is 1. The molecule has 1 fully saturated rings. The molecule has 1 amide bonds. The topological polar surface area (TPSA) is 93.3 Å². The number of carbonyl (C=O) groups is 1. The molecule has 2 heterocycles. The highest BCUT2D eigenvalue weighted by Crippen LogP contribution is 2.19. The monoisotopic (exact) mass is 371 g/mol. The van der Waals surface area contributed by atoms with Gasteiger partial charge in [0.05, 0.1) is 4.92 Å². The first-order valence-corrected chi connectivity index (χ1v) is 9.37. The fraction of sp³-hybridized carbons (Fsp3) is 0.474. The average Bonchev–Trinajstić information content (AvgIpc) is 3.15. The lowest BCUT2D eigenvalue weighted by atomic mass is 10.1. The molecule has 1 unspecified atom stereocenters. The van der Waals surface area contributed by atoms with Gasteiger partial charge < -0.3 is 5.32 Å². The van der Waals surface area contributed by atoms with Gasteiger partial charge in [0.2, 0.25) is 5.91 Å². The van der Waals surface area contributed by atoms with Gasteiger partial charge >= 0.3 is 5.69 Å². The summed E-state index contributed by atoms with van der Waals surface area (Å²) in [5.41, 5.74) is 1.82. The van der Waals surface area contributed by atoms with E-state index in [4.69, 9.17) is 0 Å². The Bertz CT molecular complexity index is 781. The lowest BCUT2D eigenvalue weighted by molar-refractivity contribution is -0.385. The van der Waals surface area contributed by atoms with Crippen LogP contribution in [0.15, 0.2) is 36.7 Å². The van der Waals surface area contributed by atoms with Crippen molar-refractivity contribution in [3.63, 3.8) is 0 Å². The maximum absolute atomic E-state index is 12.6. The smallest absolute Gasteiger partial charge is 0.307 e. The summed E-state index contributed by atoms with van der Waals surface area (Å²) in [6.45, 7) is 5.07. The molecular weight excluding hydrogens is 346 g/mol. The maximum atomic E-state index is 12.6. The van der Waals surface area contributed by atoms with Gasteiger partial charge in [0.25, 0.3) is 0 Å². The molecule has 0 aliphatic carbocycles. The van der Waals surface area contributed by atoms with Crippen LogP contribution in [0.3, 0.4) is 0 Å². The van der Waals surface area contributed by atoms with Crippen molar-refractivity contribution in [1.29, 1.82) is 0 Å². The number of aromatic nitrogens is 2. The highest BCUT2D eigenvalue weighted by atomic mass is 16.6. The van der Waals surface area contributed by atoms with Crippen molar-refractivity contribution in [2.75, 3.05) is 18.4 Å². The van der Waals surface area contributed by atoms with Crippen molar-refractivity contribution in [2.45, 2.75) is 45.2 Å². The molecule has 0 radical (unpaired) electrons. The zero-order chi connectivity index (χ0) is 19.2. The Balaban J connectivity index is 1.60. The number of rotatable bonds is 7. The number of benzene rings is 1. The van der Waals surface area contributed by atoms with E-state index in [0.29, 0.717) is 12.1 Å². The number of carbonyl (C=O) groups excluding carboxylic acids is 1. The molecule has 1 aliphatic heterocycles. The van der Waals surface area contributed by atoms with Gasteiger partial charge in [0.15, 0.2) is 0 Å². The molecule has 1 atom stereocenters. The first-order chi connectivity index (χ1) is 13.1. The number of hydrogen-bond donors (Lipinski definition) is 1. The van der Waals surface area contributed by atoms with E-state index in [1.165, 1.54) is 35.7 Å². The Hall–Kier alpha value is -2.74. The first kappa shape index (κ1) is 19.0. The molecule has 0 bridgehead atoms. The van der Waals surface area contributed by atoms with Crippen LogP contribution < -0.4 is 5.32 Å². The summed E-state index contributed by atoms with van der Waals surface area (Å²) in [7, 11) is 0. The van der Waals surface area contributed by atoms with Crippen molar-refractivity contribution in [2.24, 2.45) is 0 Å². The predicted octanol–water partition coefficient (Wildman–Crippen LogP) is 3.37. The Morgan fingerprint density at radius 3 is 2.56 bits per heavy atom. The van der Waals surface area contributed by atoms with Crippen LogP contribution in [0.4, 0.5) is 11.4 Å². The Morgan fingerprint density at radius 1 is 1.26 bits per heavy atom. The van der Waals surface area contributed by atoms with Crippen LogP contribution in [0.5, 0.6) is 0 Å². The number of likely N-dealkylation sites (tertiary alicyclic amines) is 1. The zero-order valence-corrected chi connectivity index (χ0v) is 15.5. The van der Waals surface area contributed by atoms with Crippen LogP contribution in [0.2, 0.25) is 0 Å². The summed E-state index contributed by atoms with van der Waals surface area (Å²) < 4.78 is 1.35. The van der Waals surface area contributed by atoms with Crippen molar-refractivity contribution in [3.8, 4) is 0 Å². The van der Waals surface area contributed by atoms with Gasteiger partial charge in [-0.3, -0.25) is 24.5 Å². The summed E-state index contributed by atoms with van der Waals surface area (Å²) in [5.74, 6) is -0.237. The Kier molecular flexibility index (Phi) is 6.18. The summed E-state index contributed by atoms with van der Waals surface area (Å²) in [4.78, 5) is 25.3. The summed E-state index contributed by atoms with van der Waals surface area (Å²) in [6.07, 6.45) is 6.77. The highest BCUT2D eigenvalue weighted by molar-refractivity contribution is 5.93. The molecule has 1 saturated heterocycles. The highest BCUT2D eigenvalue weighted by Gasteiger charge is 2.22. The van der Waals surface area contributed by atoms with Crippen molar-refractivity contribution in [1.82, 2.24) is 14.7 Å². The lowest BCUT2D eigenvalue weighted by Gasteiger charge is -2.26. The second kappa shape index (κ2) is 8.77. The quantitative estimate of drug-likeness (QED) is 0.595. The van der Waals surface area contributed by atoms with E-state index >= 15 is 0 Å². The number of hydrogen-bond acceptors (Lipinski definition) is 5. The molecule has 3 rings (SSSR count). The number of nitro groups is 1. The van der Waals surface area contributed by atoms with Gasteiger partial charge in [-0.05, 0) is 50.0 Å². The Labute approximate surface area is 158 Å². The van der Waals surface area contributed by atoms with Crippen LogP contribution in [-0.2, 0) is 11.3 Å². The van der Waals surface area contributed by atoms with E-state index in [-0.39, 0.29) is 11.6 Å². The minimum absolute atomic E-state index is 0.122. The van der Waals surface area contributed by atoms with Crippen LogP contribution in [0.1, 0.15) is 44.2 Å². The largest absolute Gasteiger partial charge is 0.324 e. The van der Waals surface area contributed by atoms with E-state index in [2.05, 4.69) is 15.3 Å². The van der Waals surface area contributed by atoms with E-state index in [1.807, 2.05) is 31.2 Å². The van der Waals surface area contributed by atoms with Crippen molar-refractivity contribution >= 4 is 17.3 Å². The SMILES string of the molecule is CCC(C(=O)Nc1ccc(CN2CCCCC2)cc1)n1cc([N+](=O)[O-])cn1. The van der Waals surface area contributed by atoms with Crippen LogP contribution in [0.25, 0.3) is 0 Å². The van der Waals surface area contributed by atoms with Crippen LogP contribution in [0, 0.1) is 10.1 Å². The molecule has 0 spiro atoms. The molecule has 1 aliphatic rings. The summed E-state index contributed by atoms with van der Waals surface area (Å²) in [6, 6.07) is 7.27. The third kappa shape index (κ3) is 4.91. The summed E-state index contributed by atoms with van der Waals surface area (Å²) in [5, 5.41) is 17.6. The van der Waals surface area contributed by atoms with E-state index in [0.717, 1.165) is 25.8 Å². The third-order valence-corrected chi connectivity index (χ3v) is 4.88. The minimum Gasteiger partial charge on any atom is -0.324 e. The molecule has 27 heavy (non-hydrogen) atoms. The minimum atomic E-state index is -0.591. The number of piperidine rings is 1. The van der Waals surface area contributed by atoms with Crippen LogP contribution >= 0.6 is 0 Å². The van der Waals surface area contributed by atoms with Gasteiger partial charge in [0, 0.05) is 12.2 Å². The molecule has 1 N–H and O–H groups in total. The molecule has 0 saturated carbocycles. The lowest BCUT2D eigenvalue weighted by Crippen LogP contribution is -2.29. The molecule has 1 aromatic carbocycles. The molecule has 1 aromatic heterocycles. The van der Waals surface area contributed by atoms with Gasteiger partial charge in [-0.15, -0.1) is 0 Å². The van der Waals surface area contributed by atoms with Crippen molar-refractivity contribution < 1.29 is 9.72 Å². The van der Waals surface area contributed by atoms with Gasteiger partial charge in [-0.1, -0.05) is 25.5 Å². The van der Waals surface area contributed by atoms with E-state index in [9.17, 15) is 14.9 Å².